The van der Waals surface area contributed by atoms with Crippen molar-refractivity contribution in [2.75, 3.05) is 18.9 Å². The molecule has 3 rings (SSSR count). The summed E-state index contributed by atoms with van der Waals surface area (Å²) in [6.45, 7) is 1.09. The summed E-state index contributed by atoms with van der Waals surface area (Å²) in [5.74, 6) is 2.11. The normalized spacial score (nSPS) is 13.2. The third-order valence-electron chi connectivity index (χ3n) is 3.03. The van der Waals surface area contributed by atoms with Gasteiger partial charge < -0.3 is 15.2 Å². The molecule has 110 valence electrons. The summed E-state index contributed by atoms with van der Waals surface area (Å²) in [4.78, 5) is 1.04. The lowest BCUT2D eigenvalue weighted by Gasteiger charge is -2.20. The monoisotopic (exact) mass is 385 g/mol. The van der Waals surface area contributed by atoms with Gasteiger partial charge in [0.25, 0.3) is 0 Å². The lowest BCUT2D eigenvalue weighted by molar-refractivity contribution is 0.171. The van der Waals surface area contributed by atoms with Crippen molar-refractivity contribution in [3.8, 4) is 11.5 Å². The van der Waals surface area contributed by atoms with Crippen LogP contribution >= 0.6 is 39.3 Å². The van der Waals surface area contributed by atoms with Crippen LogP contribution in [0, 0.1) is 0 Å². The molecule has 0 atom stereocenters. The second-order valence-electron chi connectivity index (χ2n) is 4.57. The molecule has 0 spiro atoms. The Morgan fingerprint density at radius 3 is 2.86 bits per heavy atom. The fourth-order valence-corrected chi connectivity index (χ4v) is 3.78. The van der Waals surface area contributed by atoms with Crippen LogP contribution in [0.2, 0.25) is 5.02 Å². The molecule has 0 saturated carbocycles. The summed E-state index contributed by atoms with van der Waals surface area (Å²) in [5.41, 5.74) is 7.83. The van der Waals surface area contributed by atoms with Gasteiger partial charge in [0, 0.05) is 20.8 Å². The van der Waals surface area contributed by atoms with Crippen molar-refractivity contribution in [1.82, 2.24) is 0 Å². The highest BCUT2D eigenvalue weighted by molar-refractivity contribution is 9.10. The number of hydrogen-bond donors (Lipinski definition) is 1. The SMILES string of the molecule is Nc1ccc(Br)cc1SCc1cc(Cl)c2c(c1)OCCO2. The third-order valence-corrected chi connectivity index (χ3v) is 4.94. The van der Waals surface area contributed by atoms with E-state index in [1.165, 1.54) is 0 Å². The van der Waals surface area contributed by atoms with E-state index in [4.69, 9.17) is 26.8 Å². The molecule has 21 heavy (non-hydrogen) atoms. The topological polar surface area (TPSA) is 44.5 Å². The Kier molecular flexibility index (Phi) is 4.52. The number of ether oxygens (including phenoxy) is 2. The van der Waals surface area contributed by atoms with E-state index in [0.29, 0.717) is 29.7 Å². The van der Waals surface area contributed by atoms with E-state index >= 15 is 0 Å². The summed E-state index contributed by atoms with van der Waals surface area (Å²) >= 11 is 11.4. The van der Waals surface area contributed by atoms with Crippen molar-refractivity contribution in [3.63, 3.8) is 0 Å². The van der Waals surface area contributed by atoms with E-state index in [1.807, 2.05) is 30.3 Å². The van der Waals surface area contributed by atoms with Crippen LogP contribution in [0.1, 0.15) is 5.56 Å². The van der Waals surface area contributed by atoms with Gasteiger partial charge in [0.05, 0.1) is 5.02 Å². The molecule has 1 heterocycles. The van der Waals surface area contributed by atoms with Gasteiger partial charge in [0.1, 0.15) is 13.2 Å². The Balaban J connectivity index is 1.79. The summed E-state index contributed by atoms with van der Waals surface area (Å²) < 4.78 is 12.1. The Bertz CT molecular complexity index is 681. The number of anilines is 1. The first-order chi connectivity index (χ1) is 10.1. The van der Waals surface area contributed by atoms with Gasteiger partial charge in [-0.1, -0.05) is 27.5 Å². The molecule has 0 radical (unpaired) electrons. The zero-order chi connectivity index (χ0) is 14.8. The van der Waals surface area contributed by atoms with Gasteiger partial charge >= 0.3 is 0 Å². The average Bonchev–Trinajstić information content (AvgIpc) is 2.48. The highest BCUT2D eigenvalue weighted by Gasteiger charge is 2.16. The van der Waals surface area contributed by atoms with Gasteiger partial charge in [-0.2, -0.15) is 0 Å². The number of rotatable bonds is 3. The van der Waals surface area contributed by atoms with Crippen LogP contribution in [0.5, 0.6) is 11.5 Å². The van der Waals surface area contributed by atoms with E-state index in [-0.39, 0.29) is 0 Å². The fourth-order valence-electron chi connectivity index (χ4n) is 2.04. The van der Waals surface area contributed by atoms with E-state index in [1.54, 1.807) is 11.8 Å². The molecule has 0 aromatic heterocycles. The highest BCUT2D eigenvalue weighted by atomic mass is 79.9. The molecule has 1 aliphatic heterocycles. The largest absolute Gasteiger partial charge is 0.486 e. The molecule has 3 nitrogen and oxygen atoms in total. The van der Waals surface area contributed by atoms with E-state index in [2.05, 4.69) is 15.9 Å². The van der Waals surface area contributed by atoms with Crippen LogP contribution in [0.3, 0.4) is 0 Å². The number of fused-ring (bicyclic) bond motifs is 1. The van der Waals surface area contributed by atoms with Crippen LogP contribution in [0.25, 0.3) is 0 Å². The maximum absolute atomic E-state index is 6.24. The summed E-state index contributed by atoms with van der Waals surface area (Å²) in [6.07, 6.45) is 0. The predicted molar refractivity (Wildman–Crippen MR) is 90.6 cm³/mol. The third kappa shape index (κ3) is 3.42. The zero-order valence-electron chi connectivity index (χ0n) is 11.1. The van der Waals surface area contributed by atoms with Crippen LogP contribution in [0.4, 0.5) is 5.69 Å². The molecule has 2 aromatic carbocycles. The first-order valence-corrected chi connectivity index (χ1v) is 8.55. The van der Waals surface area contributed by atoms with E-state index in [9.17, 15) is 0 Å². The Morgan fingerprint density at radius 1 is 1.19 bits per heavy atom. The lowest BCUT2D eigenvalue weighted by Crippen LogP contribution is -2.15. The standard InChI is InChI=1S/C15H13BrClNO2S/c16-10-1-2-12(18)14(7-10)21-8-9-5-11(17)15-13(6-9)19-3-4-20-15/h1-2,5-7H,3-4,8,18H2. The molecule has 0 amide bonds. The maximum Gasteiger partial charge on any atom is 0.179 e. The Labute approximate surface area is 140 Å². The van der Waals surface area contributed by atoms with Gasteiger partial charge in [-0.05, 0) is 35.9 Å². The minimum Gasteiger partial charge on any atom is -0.486 e. The lowest BCUT2D eigenvalue weighted by atomic mass is 10.2. The number of halogens is 2. The fraction of sp³-hybridized carbons (Fsp3) is 0.200. The van der Waals surface area contributed by atoms with Crippen molar-refractivity contribution < 1.29 is 9.47 Å². The molecule has 0 unspecified atom stereocenters. The first kappa shape index (κ1) is 14.9. The van der Waals surface area contributed by atoms with Gasteiger partial charge in [0.15, 0.2) is 11.5 Å². The van der Waals surface area contributed by atoms with Crippen molar-refractivity contribution in [1.29, 1.82) is 0 Å². The number of benzene rings is 2. The molecular formula is C15H13BrClNO2S. The molecule has 0 saturated heterocycles. The maximum atomic E-state index is 6.24. The molecule has 0 bridgehead atoms. The minimum absolute atomic E-state index is 0.537. The summed E-state index contributed by atoms with van der Waals surface area (Å²) in [7, 11) is 0. The molecule has 1 aliphatic rings. The number of nitrogens with two attached hydrogens (primary N) is 1. The van der Waals surface area contributed by atoms with Crippen LogP contribution < -0.4 is 15.2 Å². The Hall–Kier alpha value is -1.04. The Morgan fingerprint density at radius 2 is 2.00 bits per heavy atom. The molecule has 0 fully saturated rings. The second kappa shape index (κ2) is 6.38. The molecule has 0 aliphatic carbocycles. The van der Waals surface area contributed by atoms with E-state index in [0.717, 1.165) is 26.4 Å². The van der Waals surface area contributed by atoms with Gasteiger partial charge in [-0.15, -0.1) is 11.8 Å². The van der Waals surface area contributed by atoms with Crippen molar-refractivity contribution in [2.24, 2.45) is 0 Å². The van der Waals surface area contributed by atoms with Gasteiger partial charge in [0.2, 0.25) is 0 Å². The number of thioether (sulfide) groups is 1. The van der Waals surface area contributed by atoms with Crippen LogP contribution in [-0.4, -0.2) is 13.2 Å². The average molecular weight is 387 g/mol. The van der Waals surface area contributed by atoms with Crippen molar-refractivity contribution in [2.45, 2.75) is 10.6 Å². The van der Waals surface area contributed by atoms with Gasteiger partial charge in [-0.25, -0.2) is 0 Å². The highest BCUT2D eigenvalue weighted by Crippen LogP contribution is 2.40. The zero-order valence-corrected chi connectivity index (χ0v) is 14.2. The minimum atomic E-state index is 0.537. The summed E-state index contributed by atoms with van der Waals surface area (Å²) in [6, 6.07) is 9.72. The first-order valence-electron chi connectivity index (χ1n) is 6.39. The quantitative estimate of drug-likeness (QED) is 0.611. The molecule has 2 aromatic rings. The molecule has 6 heteroatoms. The molecular weight excluding hydrogens is 374 g/mol. The number of hydrogen-bond acceptors (Lipinski definition) is 4. The van der Waals surface area contributed by atoms with Crippen LogP contribution in [0.15, 0.2) is 39.7 Å². The summed E-state index contributed by atoms with van der Waals surface area (Å²) in [5, 5.41) is 0.588. The number of nitrogen functional groups attached to an aromatic ring is 1. The van der Waals surface area contributed by atoms with Crippen LogP contribution in [-0.2, 0) is 5.75 Å². The van der Waals surface area contributed by atoms with Gasteiger partial charge in [-0.3, -0.25) is 0 Å². The smallest absolute Gasteiger partial charge is 0.179 e. The molecule has 2 N–H and O–H groups in total. The van der Waals surface area contributed by atoms with E-state index < -0.39 is 0 Å². The van der Waals surface area contributed by atoms with Crippen molar-refractivity contribution >= 4 is 45.0 Å². The van der Waals surface area contributed by atoms with Crippen molar-refractivity contribution in [3.05, 3.63) is 45.4 Å². The second-order valence-corrected chi connectivity index (χ2v) is 6.91. The predicted octanol–water partition coefficient (Wildman–Crippen LogP) is 4.75.